The van der Waals surface area contributed by atoms with Crippen LogP contribution in [0.15, 0.2) is 30.3 Å². The summed E-state index contributed by atoms with van der Waals surface area (Å²) in [6.45, 7) is 6.25. The van der Waals surface area contributed by atoms with E-state index in [2.05, 4.69) is 20.2 Å². The Labute approximate surface area is 199 Å². The Bertz CT molecular complexity index is 1220. The number of nitrogens with zero attached hydrogens (tertiary/aromatic N) is 2. The molecule has 0 amide bonds. The number of aromatic nitrogens is 2. The van der Waals surface area contributed by atoms with Crippen LogP contribution in [0, 0.1) is 5.82 Å². The molecule has 0 aliphatic carbocycles. The predicted octanol–water partition coefficient (Wildman–Crippen LogP) is 4.75. The van der Waals surface area contributed by atoms with Gasteiger partial charge in [-0.15, -0.1) is 0 Å². The lowest BCUT2D eigenvalue weighted by atomic mass is 9.93. The summed E-state index contributed by atoms with van der Waals surface area (Å²) in [5.41, 5.74) is 0.313. The fourth-order valence-corrected chi connectivity index (χ4v) is 4.75. The van der Waals surface area contributed by atoms with Gasteiger partial charge in [0.1, 0.15) is 29.5 Å². The van der Waals surface area contributed by atoms with Gasteiger partial charge >= 0.3 is 6.18 Å². The minimum Gasteiger partial charge on any atom is -0.491 e. The van der Waals surface area contributed by atoms with Crippen LogP contribution in [0.25, 0.3) is 11.0 Å². The molecule has 4 heterocycles. The van der Waals surface area contributed by atoms with Crippen molar-refractivity contribution >= 4 is 16.7 Å². The lowest BCUT2D eigenvalue weighted by molar-refractivity contribution is -0.140. The Morgan fingerprint density at radius 1 is 1.26 bits per heavy atom. The Kier molecular flexibility index (Phi) is 6.22. The van der Waals surface area contributed by atoms with E-state index in [4.69, 9.17) is 14.2 Å². The molecule has 0 saturated carbocycles. The van der Waals surface area contributed by atoms with E-state index in [1.54, 1.807) is 19.1 Å². The highest BCUT2D eigenvalue weighted by molar-refractivity contribution is 5.91. The molecule has 35 heavy (non-hydrogen) atoms. The van der Waals surface area contributed by atoms with Gasteiger partial charge in [-0.3, -0.25) is 4.90 Å². The van der Waals surface area contributed by atoms with E-state index >= 15 is 0 Å². The molecule has 0 radical (unpaired) electrons. The van der Waals surface area contributed by atoms with Gasteiger partial charge < -0.3 is 24.5 Å². The number of anilines is 1. The maximum atomic E-state index is 13.9. The zero-order chi connectivity index (χ0) is 24.7. The topological polar surface area (TPSA) is 71.6 Å². The van der Waals surface area contributed by atoms with Gasteiger partial charge in [-0.2, -0.15) is 18.2 Å². The number of H-pyrrole nitrogens is 1. The number of alkyl halides is 3. The third-order valence-corrected chi connectivity index (χ3v) is 6.33. The molecule has 3 aromatic rings. The van der Waals surface area contributed by atoms with Crippen molar-refractivity contribution in [2.45, 2.75) is 38.2 Å². The third-order valence-electron chi connectivity index (χ3n) is 6.33. The number of nitrogens with one attached hydrogen (secondary N) is 2. The van der Waals surface area contributed by atoms with Gasteiger partial charge in [0.2, 0.25) is 5.88 Å². The predicted molar refractivity (Wildman–Crippen MR) is 121 cm³/mol. The average molecular weight is 494 g/mol. The number of hydrogen-bond donors (Lipinski definition) is 2. The van der Waals surface area contributed by atoms with Gasteiger partial charge in [-0.05, 0) is 26.0 Å². The van der Waals surface area contributed by atoms with Crippen LogP contribution in [-0.4, -0.2) is 59.9 Å². The van der Waals surface area contributed by atoms with Crippen LogP contribution >= 0.6 is 0 Å². The van der Waals surface area contributed by atoms with Gasteiger partial charge in [-0.25, -0.2) is 4.39 Å². The Morgan fingerprint density at radius 2 is 2.09 bits per heavy atom. The summed E-state index contributed by atoms with van der Waals surface area (Å²) in [6, 6.07) is 6.40. The SMILES string of the molecule is CCOc1cc(NC2c3ccc(F)cc3OCC2N2CCOC(C)C2)c2cc(C(F)(F)F)[nH]c2n1. The van der Waals surface area contributed by atoms with E-state index in [-0.39, 0.29) is 35.7 Å². The van der Waals surface area contributed by atoms with Crippen molar-refractivity contribution in [2.75, 3.05) is 38.2 Å². The molecule has 1 saturated heterocycles. The summed E-state index contributed by atoms with van der Waals surface area (Å²) in [5.74, 6) is 0.174. The average Bonchev–Trinajstić information content (AvgIpc) is 3.24. The van der Waals surface area contributed by atoms with Crippen LogP contribution in [0.1, 0.15) is 31.1 Å². The first-order valence-corrected chi connectivity index (χ1v) is 11.5. The number of morpholine rings is 1. The molecule has 1 fully saturated rings. The Hall–Kier alpha value is -3.05. The van der Waals surface area contributed by atoms with Gasteiger partial charge in [-0.1, -0.05) is 6.07 Å². The molecule has 2 aliphatic heterocycles. The molecular formula is C24H26F4N4O3. The van der Waals surface area contributed by atoms with Crippen LogP contribution in [0.4, 0.5) is 23.2 Å². The van der Waals surface area contributed by atoms with E-state index in [0.717, 1.165) is 11.6 Å². The molecule has 2 aromatic heterocycles. The normalized spacial score (nSPS) is 23.1. The smallest absolute Gasteiger partial charge is 0.431 e. The fourth-order valence-electron chi connectivity index (χ4n) is 4.75. The third kappa shape index (κ3) is 4.74. The molecule has 11 heteroatoms. The molecule has 2 N–H and O–H groups in total. The number of ether oxygens (including phenoxy) is 3. The first-order chi connectivity index (χ1) is 16.7. The maximum Gasteiger partial charge on any atom is 0.431 e. The van der Waals surface area contributed by atoms with Crippen LogP contribution < -0.4 is 14.8 Å². The molecule has 3 unspecified atom stereocenters. The molecule has 0 bridgehead atoms. The summed E-state index contributed by atoms with van der Waals surface area (Å²) in [6.07, 6.45) is -4.53. The number of halogens is 4. The lowest BCUT2D eigenvalue weighted by Crippen LogP contribution is -2.54. The highest BCUT2D eigenvalue weighted by Crippen LogP contribution is 2.40. The zero-order valence-corrected chi connectivity index (χ0v) is 19.3. The number of benzene rings is 1. The Balaban J connectivity index is 1.59. The standard InChI is InChI=1S/C24H26F4N4O3/c1-3-33-21-10-17(16-9-20(24(26,27)28)30-23(16)31-21)29-22-15-5-4-14(25)8-19(15)35-12-18(22)32-6-7-34-13(2)11-32/h4-5,8-10,13,18,22H,3,6-7,11-12H2,1-2H3,(H2,29,30,31). The quantitative estimate of drug-likeness (QED) is 0.499. The number of aromatic amines is 1. The van der Waals surface area contributed by atoms with E-state index in [9.17, 15) is 17.6 Å². The minimum atomic E-state index is -4.56. The molecule has 3 atom stereocenters. The summed E-state index contributed by atoms with van der Waals surface area (Å²) < 4.78 is 71.5. The summed E-state index contributed by atoms with van der Waals surface area (Å²) in [4.78, 5) is 8.80. The van der Waals surface area contributed by atoms with Crippen molar-refractivity contribution in [3.63, 3.8) is 0 Å². The molecule has 5 rings (SSSR count). The highest BCUT2D eigenvalue weighted by atomic mass is 19.4. The van der Waals surface area contributed by atoms with E-state index in [1.807, 2.05) is 6.92 Å². The van der Waals surface area contributed by atoms with Crippen LogP contribution in [0.3, 0.4) is 0 Å². The monoisotopic (exact) mass is 494 g/mol. The fraction of sp³-hybridized carbons (Fsp3) is 0.458. The molecule has 188 valence electrons. The van der Waals surface area contributed by atoms with Crippen molar-refractivity contribution in [3.8, 4) is 11.6 Å². The minimum absolute atomic E-state index is 0.0234. The van der Waals surface area contributed by atoms with Gasteiger partial charge in [0.15, 0.2) is 0 Å². The van der Waals surface area contributed by atoms with Crippen LogP contribution in [-0.2, 0) is 10.9 Å². The van der Waals surface area contributed by atoms with Crippen molar-refractivity contribution in [2.24, 2.45) is 0 Å². The second-order valence-electron chi connectivity index (χ2n) is 8.74. The summed E-state index contributed by atoms with van der Waals surface area (Å²) in [5, 5.41) is 3.72. The van der Waals surface area contributed by atoms with Gasteiger partial charge in [0.05, 0.1) is 37.1 Å². The molecular weight excluding hydrogens is 468 g/mol. The maximum absolute atomic E-state index is 13.9. The second-order valence-corrected chi connectivity index (χ2v) is 8.74. The number of rotatable bonds is 5. The first kappa shape index (κ1) is 23.7. The molecule has 0 spiro atoms. The zero-order valence-electron chi connectivity index (χ0n) is 19.3. The van der Waals surface area contributed by atoms with E-state index < -0.39 is 23.7 Å². The van der Waals surface area contributed by atoms with Crippen molar-refractivity contribution in [1.82, 2.24) is 14.9 Å². The Morgan fingerprint density at radius 3 is 2.83 bits per heavy atom. The van der Waals surface area contributed by atoms with Crippen molar-refractivity contribution in [3.05, 3.63) is 47.4 Å². The lowest BCUT2D eigenvalue weighted by Gasteiger charge is -2.44. The van der Waals surface area contributed by atoms with E-state index in [0.29, 0.717) is 37.7 Å². The van der Waals surface area contributed by atoms with E-state index in [1.165, 1.54) is 12.1 Å². The van der Waals surface area contributed by atoms with Gasteiger partial charge in [0.25, 0.3) is 0 Å². The summed E-state index contributed by atoms with van der Waals surface area (Å²) >= 11 is 0. The number of hydrogen-bond acceptors (Lipinski definition) is 6. The number of fused-ring (bicyclic) bond motifs is 2. The molecule has 7 nitrogen and oxygen atoms in total. The highest BCUT2D eigenvalue weighted by Gasteiger charge is 2.38. The van der Waals surface area contributed by atoms with Gasteiger partial charge in [0, 0.05) is 36.2 Å². The second kappa shape index (κ2) is 9.19. The largest absolute Gasteiger partial charge is 0.491 e. The van der Waals surface area contributed by atoms with Crippen LogP contribution in [0.5, 0.6) is 11.6 Å². The van der Waals surface area contributed by atoms with Crippen molar-refractivity contribution in [1.29, 1.82) is 0 Å². The van der Waals surface area contributed by atoms with Crippen molar-refractivity contribution < 1.29 is 31.8 Å². The summed E-state index contributed by atoms with van der Waals surface area (Å²) in [7, 11) is 0. The number of pyridine rings is 1. The molecule has 1 aromatic carbocycles. The molecule has 2 aliphatic rings. The van der Waals surface area contributed by atoms with Crippen LogP contribution in [0.2, 0.25) is 0 Å². The first-order valence-electron chi connectivity index (χ1n) is 11.5.